The number of nitrogens with one attached hydrogen (secondary N) is 1. The Morgan fingerprint density at radius 3 is 2.72 bits per heavy atom. The maximum atomic E-state index is 3.62. The topological polar surface area (TPSA) is 17.0 Å². The van der Waals surface area contributed by atoms with Gasteiger partial charge >= 0.3 is 0 Å². The largest absolute Gasteiger partial charge is 0.341 e. The third-order valence-electron chi connectivity index (χ3n) is 3.74. The van der Waals surface area contributed by atoms with Gasteiger partial charge in [0.2, 0.25) is 0 Å². The maximum absolute atomic E-state index is 3.62. The zero-order chi connectivity index (χ0) is 12.7. The van der Waals surface area contributed by atoms with Crippen molar-refractivity contribution in [1.82, 2.24) is 9.88 Å². The number of aromatic nitrogens is 1. The minimum absolute atomic E-state index is 0.514. The molecule has 2 aromatic rings. The molecule has 0 amide bonds. The van der Waals surface area contributed by atoms with E-state index in [9.17, 15) is 0 Å². The Bertz CT molecular complexity index is 562. The monoisotopic (exact) mass is 242 g/mol. The first-order valence-electron chi connectivity index (χ1n) is 6.99. The third-order valence-corrected chi connectivity index (χ3v) is 3.74. The van der Waals surface area contributed by atoms with Crippen molar-refractivity contribution in [3.63, 3.8) is 0 Å². The van der Waals surface area contributed by atoms with Gasteiger partial charge in [0.15, 0.2) is 0 Å². The summed E-state index contributed by atoms with van der Waals surface area (Å²) < 4.78 is 2.47. The number of hydrogen-bond donors (Lipinski definition) is 1. The summed E-state index contributed by atoms with van der Waals surface area (Å²) in [5, 5.41) is 4.99. The molecule has 1 aromatic carbocycles. The molecule has 0 aliphatic heterocycles. The Labute approximate surface area is 109 Å². The van der Waals surface area contributed by atoms with Gasteiger partial charge in [0, 0.05) is 29.8 Å². The highest BCUT2D eigenvalue weighted by Crippen LogP contribution is 2.26. The highest BCUT2D eigenvalue weighted by atomic mass is 15.1. The van der Waals surface area contributed by atoms with E-state index in [1.165, 1.54) is 35.0 Å². The van der Waals surface area contributed by atoms with Crippen molar-refractivity contribution in [3.05, 3.63) is 35.5 Å². The summed E-state index contributed by atoms with van der Waals surface area (Å²) in [6, 6.07) is 10.4. The molecular formula is C16H22N2. The summed E-state index contributed by atoms with van der Waals surface area (Å²) in [5.74, 6) is 0. The number of nitrogens with zero attached hydrogens (tertiary/aromatic N) is 1. The average molecular weight is 242 g/mol. The fourth-order valence-electron chi connectivity index (χ4n) is 2.67. The van der Waals surface area contributed by atoms with Crippen molar-refractivity contribution in [1.29, 1.82) is 0 Å². The van der Waals surface area contributed by atoms with Gasteiger partial charge < -0.3 is 9.88 Å². The van der Waals surface area contributed by atoms with Gasteiger partial charge in [0.05, 0.1) is 0 Å². The first-order valence-corrected chi connectivity index (χ1v) is 6.99. The van der Waals surface area contributed by atoms with Crippen LogP contribution in [0.3, 0.4) is 0 Å². The lowest BCUT2D eigenvalue weighted by Gasteiger charge is -2.15. The average Bonchev–Trinajstić information content (AvgIpc) is 3.07. The zero-order valence-corrected chi connectivity index (χ0v) is 11.5. The van der Waals surface area contributed by atoms with E-state index in [1.807, 2.05) is 0 Å². The molecule has 96 valence electrons. The molecule has 2 nitrogen and oxygen atoms in total. The molecule has 1 aromatic heterocycles. The van der Waals surface area contributed by atoms with Crippen LogP contribution >= 0.6 is 0 Å². The predicted octanol–water partition coefficient (Wildman–Crippen LogP) is 3.78. The highest BCUT2D eigenvalue weighted by Gasteiger charge is 2.21. The van der Waals surface area contributed by atoms with E-state index >= 15 is 0 Å². The second kappa shape index (κ2) is 4.43. The van der Waals surface area contributed by atoms with Crippen LogP contribution in [0.25, 0.3) is 10.9 Å². The van der Waals surface area contributed by atoms with Crippen LogP contribution in [-0.4, -0.2) is 10.6 Å². The summed E-state index contributed by atoms with van der Waals surface area (Å²) in [6.45, 7) is 7.70. The van der Waals surface area contributed by atoms with E-state index in [-0.39, 0.29) is 0 Å². The summed E-state index contributed by atoms with van der Waals surface area (Å²) in [6.07, 6.45) is 2.70. The van der Waals surface area contributed by atoms with Crippen LogP contribution in [-0.2, 0) is 6.54 Å². The van der Waals surface area contributed by atoms with E-state index < -0.39 is 0 Å². The van der Waals surface area contributed by atoms with Crippen molar-refractivity contribution in [2.24, 2.45) is 0 Å². The normalized spacial score (nSPS) is 15.8. The molecule has 0 spiro atoms. The summed E-state index contributed by atoms with van der Waals surface area (Å²) >= 11 is 0. The van der Waals surface area contributed by atoms with Crippen molar-refractivity contribution >= 4 is 10.9 Å². The SMILES string of the molecule is Cc1ccc2cc(CNC3CC3)n(C(C)C)c2c1. The van der Waals surface area contributed by atoms with Crippen LogP contribution in [0, 0.1) is 6.92 Å². The van der Waals surface area contributed by atoms with Gasteiger partial charge in [-0.2, -0.15) is 0 Å². The molecule has 18 heavy (non-hydrogen) atoms. The minimum atomic E-state index is 0.514. The fraction of sp³-hybridized carbons (Fsp3) is 0.500. The Kier molecular flexibility index (Phi) is 2.90. The van der Waals surface area contributed by atoms with E-state index in [4.69, 9.17) is 0 Å². The molecule has 1 N–H and O–H groups in total. The van der Waals surface area contributed by atoms with Gasteiger partial charge in [0.1, 0.15) is 0 Å². The third kappa shape index (κ3) is 2.17. The van der Waals surface area contributed by atoms with E-state index in [0.29, 0.717) is 6.04 Å². The molecule has 0 unspecified atom stereocenters. The number of fused-ring (bicyclic) bond motifs is 1. The Morgan fingerprint density at radius 2 is 2.06 bits per heavy atom. The summed E-state index contributed by atoms with van der Waals surface area (Å²) in [4.78, 5) is 0. The van der Waals surface area contributed by atoms with Gasteiger partial charge in [-0.3, -0.25) is 0 Å². The van der Waals surface area contributed by atoms with Crippen LogP contribution in [0.4, 0.5) is 0 Å². The molecule has 1 aliphatic rings. The summed E-state index contributed by atoms with van der Waals surface area (Å²) in [5.41, 5.74) is 4.12. The Hall–Kier alpha value is -1.28. The molecule has 0 saturated heterocycles. The number of benzene rings is 1. The minimum Gasteiger partial charge on any atom is -0.341 e. The quantitative estimate of drug-likeness (QED) is 0.863. The van der Waals surface area contributed by atoms with Crippen LogP contribution in [0.1, 0.15) is 44.0 Å². The molecule has 0 bridgehead atoms. The van der Waals surface area contributed by atoms with Gasteiger partial charge in [-0.05, 0) is 56.7 Å². The number of rotatable bonds is 4. The van der Waals surface area contributed by atoms with E-state index in [0.717, 1.165) is 12.6 Å². The highest BCUT2D eigenvalue weighted by molar-refractivity contribution is 5.82. The first-order chi connectivity index (χ1) is 8.65. The predicted molar refractivity (Wildman–Crippen MR) is 76.9 cm³/mol. The van der Waals surface area contributed by atoms with Crippen molar-refractivity contribution in [2.45, 2.75) is 52.2 Å². The standard InChI is InChI=1S/C16H22N2/c1-11(2)18-15(10-17-14-6-7-14)9-13-5-4-12(3)8-16(13)18/h4-5,8-9,11,14,17H,6-7,10H2,1-3H3. The van der Waals surface area contributed by atoms with Crippen molar-refractivity contribution < 1.29 is 0 Å². The second-order valence-corrected chi connectivity index (χ2v) is 5.82. The van der Waals surface area contributed by atoms with Crippen molar-refractivity contribution in [3.8, 4) is 0 Å². The molecule has 1 saturated carbocycles. The van der Waals surface area contributed by atoms with Gasteiger partial charge in [-0.1, -0.05) is 12.1 Å². The van der Waals surface area contributed by atoms with Crippen LogP contribution < -0.4 is 5.32 Å². The molecule has 1 fully saturated rings. The van der Waals surface area contributed by atoms with Crippen molar-refractivity contribution in [2.75, 3.05) is 0 Å². The smallest absolute Gasteiger partial charge is 0.0488 e. The zero-order valence-electron chi connectivity index (χ0n) is 11.5. The molecule has 3 rings (SSSR count). The molecule has 1 heterocycles. The molecule has 2 heteroatoms. The van der Waals surface area contributed by atoms with Gasteiger partial charge in [-0.25, -0.2) is 0 Å². The molecular weight excluding hydrogens is 220 g/mol. The summed E-state index contributed by atoms with van der Waals surface area (Å²) in [7, 11) is 0. The molecule has 1 aliphatic carbocycles. The fourth-order valence-corrected chi connectivity index (χ4v) is 2.67. The Morgan fingerprint density at radius 1 is 1.28 bits per heavy atom. The molecule has 0 atom stereocenters. The number of hydrogen-bond acceptors (Lipinski definition) is 1. The van der Waals surface area contributed by atoms with Gasteiger partial charge in [0.25, 0.3) is 0 Å². The first kappa shape index (κ1) is 11.8. The lowest BCUT2D eigenvalue weighted by atomic mass is 10.2. The lowest BCUT2D eigenvalue weighted by molar-refractivity contribution is 0.565. The van der Waals surface area contributed by atoms with Gasteiger partial charge in [-0.15, -0.1) is 0 Å². The lowest BCUT2D eigenvalue weighted by Crippen LogP contribution is -2.18. The van der Waals surface area contributed by atoms with E-state index in [2.05, 4.69) is 54.9 Å². The molecule has 0 radical (unpaired) electrons. The Balaban J connectivity index is 2.02. The van der Waals surface area contributed by atoms with Crippen LogP contribution in [0.5, 0.6) is 0 Å². The van der Waals surface area contributed by atoms with E-state index in [1.54, 1.807) is 0 Å². The number of aryl methyl sites for hydroxylation is 1. The van der Waals surface area contributed by atoms with Crippen LogP contribution in [0.2, 0.25) is 0 Å². The second-order valence-electron chi connectivity index (χ2n) is 5.82. The maximum Gasteiger partial charge on any atom is 0.0488 e. The van der Waals surface area contributed by atoms with Crippen LogP contribution in [0.15, 0.2) is 24.3 Å².